The molecule has 1 saturated carbocycles. The summed E-state index contributed by atoms with van der Waals surface area (Å²) in [6.07, 6.45) is 7.16. The van der Waals surface area contributed by atoms with Crippen molar-refractivity contribution in [2.75, 3.05) is 33.7 Å². The van der Waals surface area contributed by atoms with Gasteiger partial charge >= 0.3 is 0 Å². The summed E-state index contributed by atoms with van der Waals surface area (Å²) in [6, 6.07) is 0. The highest BCUT2D eigenvalue weighted by Gasteiger charge is 2.37. The molecule has 1 aliphatic carbocycles. The smallest absolute Gasteiger partial charge is 0.224 e. The summed E-state index contributed by atoms with van der Waals surface area (Å²) in [5.41, 5.74) is 0.162. The van der Waals surface area contributed by atoms with Crippen LogP contribution in [-0.4, -0.2) is 50.1 Å². The van der Waals surface area contributed by atoms with E-state index < -0.39 is 0 Å². The number of hydrogen-bond donors (Lipinski definition) is 2. The number of hydrogen-bond acceptors (Lipinski definition) is 3. The molecule has 116 valence electrons. The van der Waals surface area contributed by atoms with Gasteiger partial charge < -0.3 is 15.5 Å². The lowest BCUT2D eigenvalue weighted by molar-refractivity contribution is -0.126. The third-order valence-corrected chi connectivity index (χ3v) is 5.28. The minimum atomic E-state index is 0.162. The summed E-state index contributed by atoms with van der Waals surface area (Å²) in [5, 5.41) is 6.57. The van der Waals surface area contributed by atoms with E-state index in [9.17, 15) is 4.79 Å². The maximum Gasteiger partial charge on any atom is 0.224 e. The van der Waals surface area contributed by atoms with Crippen molar-refractivity contribution < 1.29 is 4.79 Å². The zero-order valence-corrected chi connectivity index (χ0v) is 13.4. The standard InChI is InChI=1S/C16H31N3O/c1-13-6-4-8-16(10-13,19(2)3)12-18-15(20)14-7-5-9-17-11-14/h13-14,17H,4-12H2,1-3H3,(H,18,20)/t13?,14-,16?/m1/s1. The predicted molar refractivity (Wildman–Crippen MR) is 82.7 cm³/mol. The van der Waals surface area contributed by atoms with Crippen LogP contribution in [0.25, 0.3) is 0 Å². The monoisotopic (exact) mass is 281 g/mol. The van der Waals surface area contributed by atoms with Crippen molar-refractivity contribution in [1.29, 1.82) is 0 Å². The maximum absolute atomic E-state index is 12.3. The number of nitrogens with one attached hydrogen (secondary N) is 2. The molecule has 0 radical (unpaired) electrons. The summed E-state index contributed by atoms with van der Waals surface area (Å²) in [5.74, 6) is 1.18. The second kappa shape index (κ2) is 6.90. The van der Waals surface area contributed by atoms with E-state index in [2.05, 4.69) is 36.6 Å². The third-order valence-electron chi connectivity index (χ3n) is 5.28. The van der Waals surface area contributed by atoms with E-state index in [1.165, 1.54) is 25.7 Å². The maximum atomic E-state index is 12.3. The van der Waals surface area contributed by atoms with Crippen LogP contribution in [-0.2, 0) is 4.79 Å². The molecular formula is C16H31N3O. The van der Waals surface area contributed by atoms with Crippen LogP contribution in [0, 0.1) is 11.8 Å². The summed E-state index contributed by atoms with van der Waals surface area (Å²) >= 11 is 0. The number of piperidine rings is 1. The molecule has 3 atom stereocenters. The van der Waals surface area contributed by atoms with E-state index in [0.717, 1.165) is 38.4 Å². The molecule has 2 rings (SSSR count). The number of rotatable bonds is 4. The Bertz CT molecular complexity index is 326. The highest BCUT2D eigenvalue weighted by atomic mass is 16.1. The van der Waals surface area contributed by atoms with Crippen LogP contribution >= 0.6 is 0 Å². The fraction of sp³-hybridized carbons (Fsp3) is 0.938. The molecule has 4 heteroatoms. The molecule has 0 aromatic heterocycles. The molecule has 1 aliphatic heterocycles. The van der Waals surface area contributed by atoms with Gasteiger partial charge in [-0.05, 0) is 52.2 Å². The summed E-state index contributed by atoms with van der Waals surface area (Å²) in [7, 11) is 4.32. The van der Waals surface area contributed by atoms with Crippen molar-refractivity contribution in [1.82, 2.24) is 15.5 Å². The molecule has 4 nitrogen and oxygen atoms in total. The van der Waals surface area contributed by atoms with Gasteiger partial charge in [-0.1, -0.05) is 19.8 Å². The van der Waals surface area contributed by atoms with Crippen LogP contribution in [0.5, 0.6) is 0 Å². The molecule has 2 N–H and O–H groups in total. The number of nitrogens with zero attached hydrogens (tertiary/aromatic N) is 1. The summed E-state index contributed by atoms with van der Waals surface area (Å²) in [4.78, 5) is 14.7. The lowest BCUT2D eigenvalue weighted by Gasteiger charge is -2.45. The number of amides is 1. The van der Waals surface area contributed by atoms with E-state index in [0.29, 0.717) is 0 Å². The van der Waals surface area contributed by atoms with Crippen molar-refractivity contribution in [3.8, 4) is 0 Å². The van der Waals surface area contributed by atoms with Crippen LogP contribution in [0.15, 0.2) is 0 Å². The van der Waals surface area contributed by atoms with Crippen molar-refractivity contribution in [3.63, 3.8) is 0 Å². The highest BCUT2D eigenvalue weighted by Crippen LogP contribution is 2.35. The molecular weight excluding hydrogens is 250 g/mol. The second-order valence-electron chi connectivity index (χ2n) is 7.08. The van der Waals surface area contributed by atoms with Crippen molar-refractivity contribution in [2.24, 2.45) is 11.8 Å². The average Bonchev–Trinajstić information content (AvgIpc) is 2.45. The first-order valence-corrected chi connectivity index (χ1v) is 8.19. The number of carbonyl (C=O) groups excluding carboxylic acids is 1. The fourth-order valence-corrected chi connectivity index (χ4v) is 3.83. The van der Waals surface area contributed by atoms with Gasteiger partial charge in [0.1, 0.15) is 0 Å². The average molecular weight is 281 g/mol. The van der Waals surface area contributed by atoms with Crippen LogP contribution in [0.2, 0.25) is 0 Å². The van der Waals surface area contributed by atoms with Crippen LogP contribution in [0.1, 0.15) is 45.4 Å². The second-order valence-corrected chi connectivity index (χ2v) is 7.08. The molecule has 0 aromatic rings. The van der Waals surface area contributed by atoms with Gasteiger partial charge in [-0.2, -0.15) is 0 Å². The Balaban J connectivity index is 1.90. The van der Waals surface area contributed by atoms with E-state index in [1.807, 2.05) is 0 Å². The molecule has 0 bridgehead atoms. The molecule has 2 fully saturated rings. The quantitative estimate of drug-likeness (QED) is 0.823. The molecule has 2 unspecified atom stereocenters. The van der Waals surface area contributed by atoms with Gasteiger partial charge in [-0.3, -0.25) is 4.79 Å². The Morgan fingerprint density at radius 1 is 1.35 bits per heavy atom. The molecule has 20 heavy (non-hydrogen) atoms. The van der Waals surface area contributed by atoms with Crippen LogP contribution in [0.3, 0.4) is 0 Å². The Morgan fingerprint density at radius 2 is 2.15 bits per heavy atom. The highest BCUT2D eigenvalue weighted by molar-refractivity contribution is 5.79. The molecule has 1 heterocycles. The minimum Gasteiger partial charge on any atom is -0.354 e. The fourth-order valence-electron chi connectivity index (χ4n) is 3.83. The van der Waals surface area contributed by atoms with Gasteiger partial charge in [0.15, 0.2) is 0 Å². The molecule has 1 saturated heterocycles. The Labute approximate surface area is 123 Å². The zero-order chi connectivity index (χ0) is 14.6. The van der Waals surface area contributed by atoms with E-state index in [1.54, 1.807) is 0 Å². The van der Waals surface area contributed by atoms with Crippen LogP contribution < -0.4 is 10.6 Å². The van der Waals surface area contributed by atoms with Crippen molar-refractivity contribution >= 4 is 5.91 Å². The first-order chi connectivity index (χ1) is 9.53. The largest absolute Gasteiger partial charge is 0.354 e. The number of likely N-dealkylation sites (N-methyl/N-ethyl adjacent to an activating group) is 1. The molecule has 2 aliphatic rings. The SMILES string of the molecule is CC1CCCC(CNC(=O)[C@@H]2CCCNC2)(N(C)C)C1. The van der Waals surface area contributed by atoms with Gasteiger partial charge in [-0.15, -0.1) is 0 Å². The lowest BCUT2D eigenvalue weighted by atomic mass is 9.75. The Kier molecular flexibility index (Phi) is 5.44. The van der Waals surface area contributed by atoms with E-state index >= 15 is 0 Å². The van der Waals surface area contributed by atoms with Gasteiger partial charge in [0.2, 0.25) is 5.91 Å². The minimum absolute atomic E-state index is 0.162. The summed E-state index contributed by atoms with van der Waals surface area (Å²) in [6.45, 7) is 5.05. The first-order valence-electron chi connectivity index (χ1n) is 8.19. The summed E-state index contributed by atoms with van der Waals surface area (Å²) < 4.78 is 0. The van der Waals surface area contributed by atoms with E-state index in [-0.39, 0.29) is 17.4 Å². The lowest BCUT2D eigenvalue weighted by Crippen LogP contribution is -2.56. The van der Waals surface area contributed by atoms with Gasteiger partial charge in [0.05, 0.1) is 5.92 Å². The number of carbonyl (C=O) groups is 1. The van der Waals surface area contributed by atoms with Gasteiger partial charge in [-0.25, -0.2) is 0 Å². The van der Waals surface area contributed by atoms with Crippen LogP contribution in [0.4, 0.5) is 0 Å². The zero-order valence-electron chi connectivity index (χ0n) is 13.4. The molecule has 0 spiro atoms. The topological polar surface area (TPSA) is 44.4 Å². The van der Waals surface area contributed by atoms with Gasteiger partial charge in [0.25, 0.3) is 0 Å². The molecule has 1 amide bonds. The third kappa shape index (κ3) is 3.73. The van der Waals surface area contributed by atoms with Crippen molar-refractivity contribution in [2.45, 2.75) is 51.0 Å². The van der Waals surface area contributed by atoms with Crippen molar-refractivity contribution in [3.05, 3.63) is 0 Å². The first kappa shape index (κ1) is 15.8. The Morgan fingerprint density at radius 3 is 2.75 bits per heavy atom. The Hall–Kier alpha value is -0.610. The van der Waals surface area contributed by atoms with E-state index in [4.69, 9.17) is 0 Å². The normalized spacial score (nSPS) is 35.0. The predicted octanol–water partition coefficient (Wildman–Crippen LogP) is 1.61. The van der Waals surface area contributed by atoms with Gasteiger partial charge in [0, 0.05) is 18.6 Å². The molecule has 0 aromatic carbocycles.